The molecule has 0 spiro atoms. The molecule has 1 N–H and O–H groups in total. The molecule has 0 radical (unpaired) electrons. The molecule has 0 aliphatic heterocycles. The lowest BCUT2D eigenvalue weighted by Gasteiger charge is -2.12. The van der Waals surface area contributed by atoms with Crippen LogP contribution in [0.5, 0.6) is 17.2 Å². The third-order valence-corrected chi connectivity index (χ3v) is 3.21. The lowest BCUT2D eigenvalue weighted by atomic mass is 10.2. The SMILES string of the molecule is COc1ccc(NC(=O)/C=C/c2ccccc2OC(F)(F)F)cc1OC(F)F. The van der Waals surface area contributed by atoms with Crippen LogP contribution in [0.4, 0.5) is 27.6 Å². The Bertz CT molecular complexity index is 852. The average molecular weight is 403 g/mol. The monoisotopic (exact) mass is 403 g/mol. The molecule has 2 rings (SSSR count). The number of amides is 1. The Morgan fingerprint density at radius 2 is 1.79 bits per heavy atom. The van der Waals surface area contributed by atoms with Gasteiger partial charge in [0.2, 0.25) is 5.91 Å². The van der Waals surface area contributed by atoms with E-state index in [1.54, 1.807) is 0 Å². The number of rotatable bonds is 7. The topological polar surface area (TPSA) is 56.8 Å². The lowest BCUT2D eigenvalue weighted by molar-refractivity contribution is -0.274. The van der Waals surface area contributed by atoms with Crippen molar-refractivity contribution in [3.8, 4) is 17.2 Å². The van der Waals surface area contributed by atoms with E-state index < -0.39 is 24.6 Å². The van der Waals surface area contributed by atoms with E-state index >= 15 is 0 Å². The van der Waals surface area contributed by atoms with Gasteiger partial charge in [-0.25, -0.2) is 0 Å². The molecule has 0 aliphatic rings. The van der Waals surface area contributed by atoms with Gasteiger partial charge < -0.3 is 19.5 Å². The molecule has 0 bridgehead atoms. The highest BCUT2D eigenvalue weighted by Crippen LogP contribution is 2.31. The Morgan fingerprint density at radius 1 is 1.07 bits per heavy atom. The number of alkyl halides is 5. The van der Waals surface area contributed by atoms with Crippen LogP contribution in [0.15, 0.2) is 48.5 Å². The minimum absolute atomic E-state index is 0.0198. The number of benzene rings is 2. The first-order chi connectivity index (χ1) is 13.2. The molecular formula is C18H14F5NO4. The Labute approximate surface area is 156 Å². The average Bonchev–Trinajstić information content (AvgIpc) is 2.59. The fraction of sp³-hybridized carbons (Fsp3) is 0.167. The molecule has 150 valence electrons. The van der Waals surface area contributed by atoms with Crippen molar-refractivity contribution in [2.75, 3.05) is 12.4 Å². The van der Waals surface area contributed by atoms with Crippen molar-refractivity contribution >= 4 is 17.7 Å². The molecule has 0 fully saturated rings. The van der Waals surface area contributed by atoms with E-state index in [0.29, 0.717) is 0 Å². The second-order valence-electron chi connectivity index (χ2n) is 5.15. The van der Waals surface area contributed by atoms with Crippen LogP contribution in [-0.2, 0) is 4.79 Å². The Hall–Kier alpha value is -3.30. The summed E-state index contributed by atoms with van der Waals surface area (Å²) in [4.78, 5) is 12.0. The second kappa shape index (κ2) is 9.07. The molecule has 0 unspecified atom stereocenters. The number of carbonyl (C=O) groups is 1. The highest BCUT2D eigenvalue weighted by Gasteiger charge is 2.31. The van der Waals surface area contributed by atoms with Crippen molar-refractivity contribution in [2.24, 2.45) is 0 Å². The van der Waals surface area contributed by atoms with Gasteiger partial charge in [-0.05, 0) is 24.3 Å². The fourth-order valence-corrected chi connectivity index (χ4v) is 2.13. The molecule has 0 saturated heterocycles. The van der Waals surface area contributed by atoms with Crippen molar-refractivity contribution in [2.45, 2.75) is 13.0 Å². The molecule has 5 nitrogen and oxygen atoms in total. The van der Waals surface area contributed by atoms with E-state index in [1.165, 1.54) is 37.4 Å². The number of hydrogen-bond donors (Lipinski definition) is 1. The van der Waals surface area contributed by atoms with Crippen molar-refractivity contribution in [3.05, 3.63) is 54.1 Å². The van der Waals surface area contributed by atoms with Crippen molar-refractivity contribution in [1.82, 2.24) is 0 Å². The standard InChI is InChI=1S/C18H14F5NO4/c1-26-14-8-7-12(10-15(14)27-17(19)20)24-16(25)9-6-11-4-2-3-5-13(11)28-18(21,22)23/h2-10,17H,1H3,(H,24,25)/b9-6+. The van der Waals surface area contributed by atoms with Crippen LogP contribution in [0.3, 0.4) is 0 Å². The quantitative estimate of drug-likeness (QED) is 0.531. The van der Waals surface area contributed by atoms with Gasteiger partial charge in [-0.2, -0.15) is 8.78 Å². The molecule has 0 aliphatic carbocycles. The zero-order chi connectivity index (χ0) is 20.7. The van der Waals surface area contributed by atoms with Crippen LogP contribution < -0.4 is 19.5 Å². The molecule has 0 atom stereocenters. The summed E-state index contributed by atoms with van der Waals surface area (Å²) in [7, 11) is 1.26. The van der Waals surface area contributed by atoms with Crippen LogP contribution in [0.1, 0.15) is 5.56 Å². The van der Waals surface area contributed by atoms with Gasteiger partial charge in [0.05, 0.1) is 7.11 Å². The maximum absolute atomic E-state index is 12.4. The summed E-state index contributed by atoms with van der Waals surface area (Å²) in [6, 6.07) is 9.05. The molecule has 28 heavy (non-hydrogen) atoms. The fourth-order valence-electron chi connectivity index (χ4n) is 2.13. The highest BCUT2D eigenvalue weighted by atomic mass is 19.4. The van der Waals surface area contributed by atoms with Crippen LogP contribution in [-0.4, -0.2) is 26.0 Å². The number of para-hydroxylation sites is 1. The molecule has 0 aromatic heterocycles. The normalized spacial score (nSPS) is 11.5. The number of halogens is 5. The van der Waals surface area contributed by atoms with Gasteiger partial charge in [0.1, 0.15) is 5.75 Å². The second-order valence-corrected chi connectivity index (χ2v) is 5.15. The van der Waals surface area contributed by atoms with Crippen LogP contribution >= 0.6 is 0 Å². The largest absolute Gasteiger partial charge is 0.573 e. The number of hydrogen-bond acceptors (Lipinski definition) is 4. The molecule has 10 heteroatoms. The van der Waals surface area contributed by atoms with Crippen molar-refractivity contribution in [3.63, 3.8) is 0 Å². The first kappa shape index (κ1) is 21.0. The van der Waals surface area contributed by atoms with Crippen LogP contribution in [0.25, 0.3) is 6.08 Å². The Morgan fingerprint density at radius 3 is 2.43 bits per heavy atom. The molecule has 0 saturated carbocycles. The van der Waals surface area contributed by atoms with Gasteiger partial charge in [-0.3, -0.25) is 4.79 Å². The van der Waals surface area contributed by atoms with Crippen LogP contribution in [0.2, 0.25) is 0 Å². The third kappa shape index (κ3) is 6.45. The van der Waals surface area contributed by atoms with Crippen molar-refractivity contribution in [1.29, 1.82) is 0 Å². The van der Waals surface area contributed by atoms with Gasteiger partial charge in [0, 0.05) is 23.4 Å². The number of anilines is 1. The zero-order valence-corrected chi connectivity index (χ0v) is 14.3. The summed E-state index contributed by atoms with van der Waals surface area (Å²) >= 11 is 0. The van der Waals surface area contributed by atoms with E-state index in [-0.39, 0.29) is 22.7 Å². The molecule has 0 heterocycles. The van der Waals surface area contributed by atoms with E-state index in [4.69, 9.17) is 4.74 Å². The molecule has 2 aromatic rings. The number of carbonyl (C=O) groups excluding carboxylic acids is 1. The zero-order valence-electron chi connectivity index (χ0n) is 14.3. The summed E-state index contributed by atoms with van der Waals surface area (Å²) in [5, 5.41) is 2.38. The maximum Gasteiger partial charge on any atom is 0.573 e. The summed E-state index contributed by atoms with van der Waals surface area (Å²) in [5.74, 6) is -1.44. The van der Waals surface area contributed by atoms with Crippen molar-refractivity contribution < 1.29 is 41.0 Å². The summed E-state index contributed by atoms with van der Waals surface area (Å²) in [5.41, 5.74) is 0.136. The molecule has 1 amide bonds. The summed E-state index contributed by atoms with van der Waals surface area (Å²) in [6.07, 6.45) is -2.79. The van der Waals surface area contributed by atoms with E-state index in [9.17, 15) is 26.7 Å². The predicted molar refractivity (Wildman–Crippen MR) is 90.4 cm³/mol. The van der Waals surface area contributed by atoms with Crippen LogP contribution in [0, 0.1) is 0 Å². The highest BCUT2D eigenvalue weighted by molar-refractivity contribution is 6.02. The first-order valence-electron chi connectivity index (χ1n) is 7.64. The maximum atomic E-state index is 12.4. The van der Waals surface area contributed by atoms with Gasteiger partial charge in [0.25, 0.3) is 0 Å². The summed E-state index contributed by atoms with van der Waals surface area (Å²) in [6.45, 7) is -3.09. The van der Waals surface area contributed by atoms with E-state index in [0.717, 1.165) is 24.3 Å². The number of ether oxygens (including phenoxy) is 3. The minimum Gasteiger partial charge on any atom is -0.493 e. The summed E-state index contributed by atoms with van der Waals surface area (Å²) < 4.78 is 75.1. The van der Waals surface area contributed by atoms with Gasteiger partial charge in [-0.15, -0.1) is 13.2 Å². The van der Waals surface area contributed by atoms with Gasteiger partial charge in [-0.1, -0.05) is 18.2 Å². The predicted octanol–water partition coefficient (Wildman–Crippen LogP) is 4.85. The molecular weight excluding hydrogens is 389 g/mol. The third-order valence-electron chi connectivity index (χ3n) is 3.21. The van der Waals surface area contributed by atoms with E-state index in [1.807, 2.05) is 0 Å². The Balaban J connectivity index is 2.12. The molecule has 2 aromatic carbocycles. The van der Waals surface area contributed by atoms with E-state index in [2.05, 4.69) is 14.8 Å². The minimum atomic E-state index is -4.88. The smallest absolute Gasteiger partial charge is 0.493 e. The first-order valence-corrected chi connectivity index (χ1v) is 7.64. The van der Waals surface area contributed by atoms with Gasteiger partial charge in [0.15, 0.2) is 11.5 Å². The number of nitrogens with one attached hydrogen (secondary N) is 1. The lowest BCUT2D eigenvalue weighted by Crippen LogP contribution is -2.17. The number of methoxy groups -OCH3 is 1. The Kier molecular flexibility index (Phi) is 6.80. The van der Waals surface area contributed by atoms with Gasteiger partial charge >= 0.3 is 13.0 Å².